The highest BCUT2D eigenvalue weighted by Gasteiger charge is 2.47. The van der Waals surface area contributed by atoms with Gasteiger partial charge in [-0.05, 0) is 47.5 Å². The van der Waals surface area contributed by atoms with Gasteiger partial charge in [-0.1, -0.05) is 39.1 Å². The summed E-state index contributed by atoms with van der Waals surface area (Å²) in [4.78, 5) is 65.5. The molecule has 4 aliphatic rings. The van der Waals surface area contributed by atoms with Gasteiger partial charge in [0.25, 0.3) is 13.1 Å². The third-order valence-electron chi connectivity index (χ3n) is 9.58. The Labute approximate surface area is 348 Å². The Kier molecular flexibility index (Phi) is 14.8. The first-order chi connectivity index (χ1) is 27.1. The summed E-state index contributed by atoms with van der Waals surface area (Å²) >= 11 is 0. The molecule has 4 aliphatic heterocycles. The molecule has 16 nitrogen and oxygen atoms in total. The summed E-state index contributed by atoms with van der Waals surface area (Å²) in [6, 6.07) is 18.1. The van der Waals surface area contributed by atoms with E-state index < -0.39 is 24.4 Å². The van der Waals surface area contributed by atoms with E-state index in [1.165, 1.54) is 13.8 Å². The fourth-order valence-corrected chi connectivity index (χ4v) is 6.80. The number of carbonyl (C=O) groups is 4. The van der Waals surface area contributed by atoms with Crippen LogP contribution in [-0.2, 0) is 32.2 Å². The number of nitrogens with zero attached hydrogens (tertiary/aromatic N) is 6. The molecule has 0 unspecified atom stereocenters. The van der Waals surface area contributed by atoms with Crippen molar-refractivity contribution in [3.8, 4) is 33.8 Å². The van der Waals surface area contributed by atoms with Crippen LogP contribution in [0.25, 0.3) is 31.9 Å². The molecule has 308 valence electrons. The molecule has 4 amide bonds. The van der Waals surface area contributed by atoms with Crippen LogP contribution in [0.1, 0.15) is 40.1 Å². The summed E-state index contributed by atoms with van der Waals surface area (Å²) in [5, 5.41) is 5.37. The van der Waals surface area contributed by atoms with Crippen molar-refractivity contribution in [2.75, 3.05) is 36.1 Å². The van der Waals surface area contributed by atoms with Gasteiger partial charge in [-0.15, -0.1) is 12.4 Å². The summed E-state index contributed by atoms with van der Waals surface area (Å²) in [5.74, 6) is 0.840. The van der Waals surface area contributed by atoms with Gasteiger partial charge in [-0.25, -0.2) is 22.7 Å². The molecular formula is C42H45ClN8O8. The smallest absolute Gasteiger partial charge is 0.415 e. The van der Waals surface area contributed by atoms with E-state index in [9.17, 15) is 19.2 Å². The number of cyclic esters (lactones) is 2. The second-order valence-electron chi connectivity index (χ2n) is 13.3. The number of anilines is 2. The van der Waals surface area contributed by atoms with Crippen LogP contribution >= 0.6 is 12.4 Å². The minimum absolute atomic E-state index is 0. The maximum Gasteiger partial charge on any atom is 0.415 e. The van der Waals surface area contributed by atoms with E-state index in [0.717, 1.165) is 33.6 Å². The third-order valence-corrected chi connectivity index (χ3v) is 9.58. The monoisotopic (exact) mass is 824 g/mol. The van der Waals surface area contributed by atoms with Gasteiger partial charge in [0, 0.05) is 37.4 Å². The largest absolute Gasteiger partial charge is 0.489 e. The molecule has 4 atom stereocenters. The second kappa shape index (κ2) is 19.5. The topological polar surface area (TPSA) is 170 Å². The lowest BCUT2D eigenvalue weighted by molar-refractivity contribution is -0.120. The molecule has 2 aromatic heterocycles. The normalized spacial score (nSPS) is 18.7. The number of carbonyl (C=O) groups excluding carboxylic acids is 4. The van der Waals surface area contributed by atoms with E-state index in [-0.39, 0.29) is 90.6 Å². The SMILES string of the molecule is C.C.Cl.[C-]#[N+]Cc1ccc(-c2ccc3c(c2)OC[C@H]2[C@H](CNC(C)=O)OC(=O)N32)cn1.[C-]#[N+]Cc1ccc(-c2ccc3c(c2)OC[C@H]2[C@H](CNC(C)=O)OC(=O)N32)cn1. The van der Waals surface area contributed by atoms with Crippen molar-refractivity contribution < 1.29 is 38.1 Å². The van der Waals surface area contributed by atoms with Gasteiger partial charge >= 0.3 is 12.2 Å². The van der Waals surface area contributed by atoms with Crippen LogP contribution in [0.3, 0.4) is 0 Å². The highest BCUT2D eigenvalue weighted by Crippen LogP contribution is 2.42. The Hall–Kier alpha value is -6.91. The molecule has 0 spiro atoms. The molecule has 59 heavy (non-hydrogen) atoms. The molecule has 2 N–H and O–H groups in total. The van der Waals surface area contributed by atoms with Gasteiger partial charge in [0.1, 0.15) is 60.4 Å². The first-order valence-electron chi connectivity index (χ1n) is 17.7. The van der Waals surface area contributed by atoms with Crippen LogP contribution < -0.4 is 29.9 Å². The molecule has 2 saturated heterocycles. The van der Waals surface area contributed by atoms with Crippen LogP contribution in [0.4, 0.5) is 21.0 Å². The fraction of sp³-hybridized carbons (Fsp3) is 0.333. The number of halogens is 1. The molecule has 6 heterocycles. The lowest BCUT2D eigenvalue weighted by Gasteiger charge is -2.31. The van der Waals surface area contributed by atoms with E-state index in [1.807, 2.05) is 60.7 Å². The standard InChI is InChI=1S/2C20H18N4O4.2CH4.ClH/c2*1-12(25)22-10-19-17-11-27-18-7-13(4-6-16(18)24(17)20(26)28-19)14-3-5-15(9-21-2)23-8-14;;;/h2*3-8,17,19H,9-11H2,1H3,(H,22,25);2*1H4;1H/t2*17-,19-;;;/m00.../s1. The average molecular weight is 825 g/mol. The lowest BCUT2D eigenvalue weighted by atomic mass is 10.0. The van der Waals surface area contributed by atoms with Gasteiger partial charge in [-0.3, -0.25) is 29.4 Å². The highest BCUT2D eigenvalue weighted by molar-refractivity contribution is 5.95. The zero-order valence-electron chi connectivity index (χ0n) is 30.8. The van der Waals surface area contributed by atoms with Crippen LogP contribution in [0.2, 0.25) is 0 Å². The first-order valence-corrected chi connectivity index (χ1v) is 17.7. The fourth-order valence-electron chi connectivity index (χ4n) is 6.80. The molecule has 2 fully saturated rings. The minimum Gasteiger partial charge on any atom is -0.489 e. The number of amides is 4. The Morgan fingerprint density at radius 2 is 1.07 bits per heavy atom. The number of pyridine rings is 2. The van der Waals surface area contributed by atoms with Gasteiger partial charge in [0.05, 0.1) is 24.5 Å². The molecule has 0 aliphatic carbocycles. The number of fused-ring (bicyclic) bond motifs is 6. The maximum atomic E-state index is 12.4. The van der Waals surface area contributed by atoms with E-state index in [0.29, 0.717) is 22.9 Å². The zero-order valence-corrected chi connectivity index (χ0v) is 31.7. The van der Waals surface area contributed by atoms with E-state index in [4.69, 9.17) is 32.1 Å². The number of nitrogens with one attached hydrogen (secondary N) is 2. The summed E-state index contributed by atoms with van der Waals surface area (Å²) in [6.07, 6.45) is 1.65. The van der Waals surface area contributed by atoms with Crippen LogP contribution in [0.5, 0.6) is 11.5 Å². The number of rotatable bonds is 8. The molecule has 4 aromatic rings. The number of hydrogen-bond donors (Lipinski definition) is 2. The Morgan fingerprint density at radius 1 is 0.678 bits per heavy atom. The molecule has 2 aromatic carbocycles. The number of hydrogen-bond acceptors (Lipinski definition) is 10. The summed E-state index contributed by atoms with van der Waals surface area (Å²) in [6.45, 7) is 18.2. The molecule has 0 bridgehead atoms. The van der Waals surface area contributed by atoms with Gasteiger partial charge in [0.15, 0.2) is 0 Å². The van der Waals surface area contributed by atoms with Gasteiger partial charge in [0.2, 0.25) is 11.8 Å². The van der Waals surface area contributed by atoms with Crippen molar-refractivity contribution >= 4 is 47.8 Å². The minimum atomic E-state index is -0.455. The number of aromatic nitrogens is 2. The summed E-state index contributed by atoms with van der Waals surface area (Å²) in [5.41, 5.74) is 6.34. The van der Waals surface area contributed by atoms with Gasteiger partial charge < -0.3 is 39.3 Å². The Bertz CT molecular complexity index is 2100. The van der Waals surface area contributed by atoms with Crippen LogP contribution in [0.15, 0.2) is 73.1 Å². The number of benzene rings is 2. The Morgan fingerprint density at radius 3 is 1.41 bits per heavy atom. The van der Waals surface area contributed by atoms with E-state index in [1.54, 1.807) is 22.2 Å². The van der Waals surface area contributed by atoms with Crippen molar-refractivity contribution in [2.45, 2.75) is 66.1 Å². The first kappa shape index (κ1) is 44.8. The van der Waals surface area contributed by atoms with Crippen molar-refractivity contribution in [3.05, 3.63) is 107 Å². The quantitative estimate of drug-likeness (QED) is 0.188. The maximum absolute atomic E-state index is 12.4. The average Bonchev–Trinajstić information content (AvgIpc) is 3.72. The summed E-state index contributed by atoms with van der Waals surface area (Å²) < 4.78 is 22.7. The Balaban J connectivity index is 0.000000248. The molecule has 0 radical (unpaired) electrons. The lowest BCUT2D eigenvalue weighted by Crippen LogP contribution is -2.47. The predicted octanol–water partition coefficient (Wildman–Crippen LogP) is 6.47. The summed E-state index contributed by atoms with van der Waals surface area (Å²) in [7, 11) is 0. The van der Waals surface area contributed by atoms with Crippen molar-refractivity contribution in [1.29, 1.82) is 0 Å². The molecule has 8 rings (SSSR count). The van der Waals surface area contributed by atoms with Crippen molar-refractivity contribution in [2.24, 2.45) is 0 Å². The number of ether oxygens (including phenoxy) is 4. The van der Waals surface area contributed by atoms with Crippen molar-refractivity contribution in [3.63, 3.8) is 0 Å². The van der Waals surface area contributed by atoms with Crippen LogP contribution in [-0.4, -0.2) is 84.6 Å². The van der Waals surface area contributed by atoms with Gasteiger partial charge in [-0.2, -0.15) is 0 Å². The molecule has 17 heteroatoms. The predicted molar refractivity (Wildman–Crippen MR) is 222 cm³/mol. The van der Waals surface area contributed by atoms with E-state index in [2.05, 4.69) is 30.3 Å². The third kappa shape index (κ3) is 9.63. The highest BCUT2D eigenvalue weighted by atomic mass is 35.5. The molecule has 0 saturated carbocycles. The second-order valence-corrected chi connectivity index (χ2v) is 13.3. The van der Waals surface area contributed by atoms with Crippen LogP contribution in [0, 0.1) is 13.1 Å². The molecular weight excluding hydrogens is 780 g/mol. The van der Waals surface area contributed by atoms with Crippen molar-refractivity contribution in [1.82, 2.24) is 20.6 Å². The van der Waals surface area contributed by atoms with E-state index >= 15 is 0 Å². The zero-order chi connectivity index (χ0) is 39.3.